The second-order valence-electron chi connectivity index (χ2n) is 7.38. The van der Waals surface area contributed by atoms with E-state index in [9.17, 15) is 10.1 Å². The average molecular weight is 398 g/mol. The summed E-state index contributed by atoms with van der Waals surface area (Å²) in [5.41, 5.74) is 4.48. The maximum absolute atomic E-state index is 11.3. The van der Waals surface area contributed by atoms with Gasteiger partial charge >= 0.3 is 0 Å². The van der Waals surface area contributed by atoms with E-state index in [4.69, 9.17) is 11.6 Å². The van der Waals surface area contributed by atoms with Gasteiger partial charge in [-0.25, -0.2) is 0 Å². The lowest BCUT2D eigenvalue weighted by atomic mass is 9.77. The summed E-state index contributed by atoms with van der Waals surface area (Å²) in [5.74, 6) is 0.575. The van der Waals surface area contributed by atoms with Crippen molar-refractivity contribution in [3.8, 4) is 0 Å². The summed E-state index contributed by atoms with van der Waals surface area (Å²) in [6, 6.07) is 11.2. The molecule has 4 rings (SSSR count). The number of nitrogens with zero attached hydrogens (tertiary/aromatic N) is 2. The van der Waals surface area contributed by atoms with E-state index in [0.717, 1.165) is 30.8 Å². The van der Waals surface area contributed by atoms with E-state index in [0.29, 0.717) is 10.9 Å². The van der Waals surface area contributed by atoms with E-state index in [1.165, 1.54) is 17.3 Å². The van der Waals surface area contributed by atoms with Crippen LogP contribution in [-0.2, 0) is 0 Å². The normalized spacial score (nSPS) is 22.3. The number of nitro benzene ring substituents is 1. The Morgan fingerprint density at radius 1 is 1.18 bits per heavy atom. The van der Waals surface area contributed by atoms with E-state index in [2.05, 4.69) is 54.4 Å². The Hall–Kier alpha value is -2.53. The van der Waals surface area contributed by atoms with Crippen molar-refractivity contribution >= 4 is 28.7 Å². The lowest BCUT2D eigenvalue weighted by Gasteiger charge is -2.38. The summed E-state index contributed by atoms with van der Waals surface area (Å²) >= 11 is 6.47. The Kier molecular flexibility index (Phi) is 5.02. The fourth-order valence-corrected chi connectivity index (χ4v) is 4.79. The molecule has 0 saturated carbocycles. The number of fused-ring (bicyclic) bond motifs is 3. The number of nitrogens with one attached hydrogen (secondary N) is 1. The van der Waals surface area contributed by atoms with Crippen molar-refractivity contribution in [1.29, 1.82) is 0 Å². The van der Waals surface area contributed by atoms with Crippen LogP contribution in [0, 0.1) is 16.0 Å². The molecule has 0 saturated heterocycles. The van der Waals surface area contributed by atoms with Crippen LogP contribution in [0.5, 0.6) is 0 Å². The van der Waals surface area contributed by atoms with Gasteiger partial charge in [0.2, 0.25) is 0 Å². The molecule has 0 spiro atoms. The van der Waals surface area contributed by atoms with Crippen LogP contribution in [0.4, 0.5) is 17.1 Å². The van der Waals surface area contributed by atoms with E-state index < -0.39 is 0 Å². The lowest BCUT2D eigenvalue weighted by Crippen LogP contribution is -2.30. The van der Waals surface area contributed by atoms with E-state index >= 15 is 0 Å². The van der Waals surface area contributed by atoms with Gasteiger partial charge < -0.3 is 10.2 Å². The van der Waals surface area contributed by atoms with Crippen molar-refractivity contribution < 1.29 is 4.92 Å². The molecule has 3 atom stereocenters. The highest BCUT2D eigenvalue weighted by atomic mass is 35.5. The quantitative estimate of drug-likeness (QED) is 0.386. The van der Waals surface area contributed by atoms with Crippen LogP contribution in [0.15, 0.2) is 48.6 Å². The molecule has 28 heavy (non-hydrogen) atoms. The number of allylic oxidation sites excluding steroid dienone is 2. The predicted molar refractivity (Wildman–Crippen MR) is 114 cm³/mol. The highest BCUT2D eigenvalue weighted by Gasteiger charge is 2.39. The third kappa shape index (κ3) is 3.14. The highest BCUT2D eigenvalue weighted by molar-refractivity contribution is 6.31. The van der Waals surface area contributed by atoms with E-state index in [-0.39, 0.29) is 22.6 Å². The Balaban J connectivity index is 1.76. The number of non-ortho nitro benzene ring substituents is 1. The monoisotopic (exact) mass is 397 g/mol. The smallest absolute Gasteiger partial charge is 0.269 e. The molecule has 2 aromatic carbocycles. The molecular weight excluding hydrogens is 374 g/mol. The minimum absolute atomic E-state index is 0.0563. The molecule has 1 N–H and O–H groups in total. The van der Waals surface area contributed by atoms with Gasteiger partial charge in [0.05, 0.1) is 11.0 Å². The summed E-state index contributed by atoms with van der Waals surface area (Å²) in [7, 11) is 0. The van der Waals surface area contributed by atoms with Crippen LogP contribution in [0.25, 0.3) is 0 Å². The fourth-order valence-electron chi connectivity index (χ4n) is 4.56. The highest BCUT2D eigenvalue weighted by Crippen LogP contribution is 2.51. The first kappa shape index (κ1) is 18.8. The second kappa shape index (κ2) is 7.47. The Labute approximate surface area is 170 Å². The van der Waals surface area contributed by atoms with Gasteiger partial charge in [-0.2, -0.15) is 0 Å². The zero-order valence-corrected chi connectivity index (χ0v) is 16.8. The first-order valence-corrected chi connectivity index (χ1v) is 10.2. The van der Waals surface area contributed by atoms with Gasteiger partial charge in [-0.15, -0.1) is 0 Å². The number of nitro groups is 1. The molecule has 1 aliphatic heterocycles. The van der Waals surface area contributed by atoms with Crippen molar-refractivity contribution in [2.75, 3.05) is 23.3 Å². The van der Waals surface area contributed by atoms with Crippen molar-refractivity contribution in [3.05, 3.63) is 74.8 Å². The number of halogens is 1. The Morgan fingerprint density at radius 2 is 1.96 bits per heavy atom. The Morgan fingerprint density at radius 3 is 2.68 bits per heavy atom. The third-order valence-electron chi connectivity index (χ3n) is 6.00. The van der Waals surface area contributed by atoms with E-state index in [1.807, 2.05) is 0 Å². The molecule has 2 aromatic rings. The first-order chi connectivity index (χ1) is 13.5. The molecule has 5 nitrogen and oxygen atoms in total. The van der Waals surface area contributed by atoms with Crippen molar-refractivity contribution in [3.63, 3.8) is 0 Å². The van der Waals surface area contributed by atoms with Crippen LogP contribution in [-0.4, -0.2) is 18.0 Å². The summed E-state index contributed by atoms with van der Waals surface area (Å²) in [6.07, 6.45) is 5.42. The van der Waals surface area contributed by atoms with Crippen LogP contribution >= 0.6 is 11.6 Å². The van der Waals surface area contributed by atoms with Crippen LogP contribution < -0.4 is 10.2 Å². The predicted octanol–water partition coefficient (Wildman–Crippen LogP) is 5.92. The summed E-state index contributed by atoms with van der Waals surface area (Å²) in [6.45, 7) is 6.27. The van der Waals surface area contributed by atoms with Crippen molar-refractivity contribution in [2.45, 2.75) is 32.2 Å². The lowest BCUT2D eigenvalue weighted by molar-refractivity contribution is -0.384. The second-order valence-corrected chi connectivity index (χ2v) is 7.79. The molecule has 0 radical (unpaired) electrons. The molecule has 146 valence electrons. The SMILES string of the molecule is CCN(CC)c1ccc2c(c1)C1C=CCC1C(c1cc([N+](=O)[O-])ccc1Cl)N2. The van der Waals surface area contributed by atoms with Crippen LogP contribution in [0.2, 0.25) is 5.02 Å². The maximum Gasteiger partial charge on any atom is 0.269 e. The number of hydrogen-bond acceptors (Lipinski definition) is 4. The van der Waals surface area contributed by atoms with Crippen LogP contribution in [0.1, 0.15) is 43.4 Å². The average Bonchev–Trinajstić information content (AvgIpc) is 3.19. The molecule has 6 heteroatoms. The van der Waals surface area contributed by atoms with E-state index in [1.54, 1.807) is 12.1 Å². The molecule has 0 bridgehead atoms. The van der Waals surface area contributed by atoms with Crippen molar-refractivity contribution in [2.24, 2.45) is 5.92 Å². The molecule has 0 fully saturated rings. The zero-order valence-electron chi connectivity index (χ0n) is 16.1. The number of anilines is 2. The molecular formula is C22H24ClN3O2. The molecule has 0 amide bonds. The van der Waals surface area contributed by atoms with Gasteiger partial charge in [0.15, 0.2) is 0 Å². The fraction of sp³-hybridized carbons (Fsp3) is 0.364. The largest absolute Gasteiger partial charge is 0.378 e. The van der Waals surface area contributed by atoms with Gasteiger partial charge in [0.1, 0.15) is 0 Å². The number of rotatable bonds is 5. The third-order valence-corrected chi connectivity index (χ3v) is 6.34. The topological polar surface area (TPSA) is 58.4 Å². The van der Waals surface area contributed by atoms with Crippen LogP contribution in [0.3, 0.4) is 0 Å². The Bertz CT molecular complexity index is 939. The molecule has 2 aliphatic rings. The number of hydrogen-bond donors (Lipinski definition) is 1. The summed E-state index contributed by atoms with van der Waals surface area (Å²) in [5, 5.41) is 15.5. The van der Waals surface area contributed by atoms with Crippen molar-refractivity contribution in [1.82, 2.24) is 0 Å². The molecule has 3 unspecified atom stereocenters. The maximum atomic E-state index is 11.3. The molecule has 0 aromatic heterocycles. The van der Waals surface area contributed by atoms with Gasteiger partial charge in [0, 0.05) is 53.1 Å². The number of benzene rings is 2. The van der Waals surface area contributed by atoms with Gasteiger partial charge in [-0.05, 0) is 56.0 Å². The summed E-state index contributed by atoms with van der Waals surface area (Å²) < 4.78 is 0. The molecule has 1 aliphatic carbocycles. The standard InChI is InChI=1S/C22H24ClN3O2/c1-3-25(4-2)14-9-11-21-18(12-14)16-6-5-7-17(16)22(24-21)19-13-15(26(27)28)8-10-20(19)23/h5-6,8-13,16-17,22,24H,3-4,7H2,1-2H3. The zero-order chi connectivity index (χ0) is 19.8. The van der Waals surface area contributed by atoms with Gasteiger partial charge in [0.25, 0.3) is 5.69 Å². The summed E-state index contributed by atoms with van der Waals surface area (Å²) in [4.78, 5) is 13.2. The van der Waals surface area contributed by atoms with Gasteiger partial charge in [-0.3, -0.25) is 10.1 Å². The minimum atomic E-state index is -0.364. The minimum Gasteiger partial charge on any atom is -0.378 e. The van der Waals surface area contributed by atoms with Gasteiger partial charge in [-0.1, -0.05) is 23.8 Å². The molecule has 1 heterocycles. The first-order valence-electron chi connectivity index (χ1n) is 9.79.